The number of aromatic nitrogens is 4. The summed E-state index contributed by atoms with van der Waals surface area (Å²) in [5.74, 6) is 0. The maximum Gasteiger partial charge on any atom is 0.165 e. The highest BCUT2D eigenvalue weighted by Gasteiger charge is 2.22. The zero-order chi connectivity index (χ0) is 22.6. The maximum atomic E-state index is 5.29. The Morgan fingerprint density at radius 1 is 0.765 bits per heavy atom. The van der Waals surface area contributed by atoms with Gasteiger partial charge in [-0.2, -0.15) is 5.10 Å². The van der Waals surface area contributed by atoms with E-state index >= 15 is 0 Å². The van der Waals surface area contributed by atoms with Crippen molar-refractivity contribution in [3.63, 3.8) is 0 Å². The minimum Gasteiger partial charge on any atom is -0.247 e. The number of hydrogen-bond acceptors (Lipinski definition) is 3. The molecule has 162 valence electrons. The lowest BCUT2D eigenvalue weighted by Gasteiger charge is -2.19. The van der Waals surface area contributed by atoms with Gasteiger partial charge in [0.1, 0.15) is 5.69 Å². The van der Waals surface area contributed by atoms with Crippen molar-refractivity contribution in [1.82, 2.24) is 19.7 Å². The van der Waals surface area contributed by atoms with Gasteiger partial charge in [-0.25, -0.2) is 14.6 Å². The van der Waals surface area contributed by atoms with Crippen molar-refractivity contribution in [2.24, 2.45) is 0 Å². The van der Waals surface area contributed by atoms with Crippen molar-refractivity contribution in [3.05, 3.63) is 107 Å². The summed E-state index contributed by atoms with van der Waals surface area (Å²) in [7, 11) is 0. The summed E-state index contributed by atoms with van der Waals surface area (Å²) in [6.07, 6.45) is 3.98. The lowest BCUT2D eigenvalue weighted by molar-refractivity contribution is 0.901. The second kappa shape index (κ2) is 7.61. The Labute approximate surface area is 205 Å². The third-order valence-corrected chi connectivity index (χ3v) is 7.14. The van der Waals surface area contributed by atoms with E-state index in [1.54, 1.807) is 0 Å². The molecule has 0 atom stereocenters. The average Bonchev–Trinajstić information content (AvgIpc) is 3.29. The highest BCUT2D eigenvalue weighted by atomic mass is 79.9. The van der Waals surface area contributed by atoms with Gasteiger partial charge in [-0.05, 0) is 54.3 Å². The van der Waals surface area contributed by atoms with Crippen LogP contribution in [0.4, 0.5) is 0 Å². The van der Waals surface area contributed by atoms with Gasteiger partial charge >= 0.3 is 0 Å². The first-order chi connectivity index (χ1) is 16.8. The second-order valence-electron chi connectivity index (χ2n) is 8.65. The predicted octanol–water partition coefficient (Wildman–Crippen LogP) is 7.16. The van der Waals surface area contributed by atoms with E-state index in [0.29, 0.717) is 0 Å². The Hall–Kier alpha value is -3.83. The monoisotopic (exact) mass is 502 g/mol. The summed E-state index contributed by atoms with van der Waals surface area (Å²) < 4.78 is 2.97. The second-order valence-corrected chi connectivity index (χ2v) is 9.57. The quantitative estimate of drug-likeness (QED) is 0.252. The Kier molecular flexibility index (Phi) is 4.39. The largest absolute Gasteiger partial charge is 0.247 e. The zero-order valence-corrected chi connectivity index (χ0v) is 19.8. The maximum absolute atomic E-state index is 5.29. The first-order valence-corrected chi connectivity index (χ1v) is 12.2. The standard InChI is InChI=1S/C29H19BrN4/c30-22-14-12-19(13-15-22)28-25-27-21(17-31-29(25)34(33-28)23-7-2-1-3-8-23)16-20-11-10-18-6-4-5-9-24(18)26(20)32-27/h1-9,12-17H,10-11H2. The molecule has 0 bridgehead atoms. The van der Waals surface area contributed by atoms with E-state index in [0.717, 1.165) is 61.9 Å². The molecule has 6 aromatic rings. The molecule has 0 saturated heterocycles. The van der Waals surface area contributed by atoms with Gasteiger partial charge in [-0.3, -0.25) is 0 Å². The molecule has 0 amide bonds. The Morgan fingerprint density at radius 3 is 2.38 bits per heavy atom. The minimum atomic E-state index is 0.813. The van der Waals surface area contributed by atoms with Crippen molar-refractivity contribution < 1.29 is 0 Å². The molecule has 3 aromatic heterocycles. The SMILES string of the molecule is Brc1ccc(-c2nn(-c3ccccc3)c3ncc4cc5c(nc4c23)-c2ccccc2CC5)cc1. The van der Waals surface area contributed by atoms with Crippen molar-refractivity contribution in [3.8, 4) is 28.2 Å². The van der Waals surface area contributed by atoms with E-state index in [4.69, 9.17) is 15.1 Å². The van der Waals surface area contributed by atoms with Gasteiger partial charge in [-0.1, -0.05) is 70.5 Å². The lowest BCUT2D eigenvalue weighted by atomic mass is 9.88. The summed E-state index contributed by atoms with van der Waals surface area (Å²) in [5, 5.41) is 7.10. The molecule has 0 fully saturated rings. The van der Waals surface area contributed by atoms with Crippen LogP contribution in [0.5, 0.6) is 0 Å². The summed E-state index contributed by atoms with van der Waals surface area (Å²) in [4.78, 5) is 10.2. The number of aryl methyl sites for hydroxylation is 2. The van der Waals surface area contributed by atoms with Crippen LogP contribution in [0, 0.1) is 0 Å². The van der Waals surface area contributed by atoms with Gasteiger partial charge in [0.2, 0.25) is 0 Å². The van der Waals surface area contributed by atoms with Crippen molar-refractivity contribution >= 4 is 37.9 Å². The third-order valence-electron chi connectivity index (χ3n) is 6.61. The molecule has 3 heterocycles. The van der Waals surface area contributed by atoms with Gasteiger partial charge in [0.15, 0.2) is 5.65 Å². The van der Waals surface area contributed by atoms with Crippen LogP contribution in [-0.2, 0) is 12.8 Å². The molecular formula is C29H19BrN4. The van der Waals surface area contributed by atoms with Gasteiger partial charge in [0.05, 0.1) is 22.3 Å². The zero-order valence-electron chi connectivity index (χ0n) is 18.2. The molecule has 0 unspecified atom stereocenters. The highest BCUT2D eigenvalue weighted by Crippen LogP contribution is 2.38. The molecule has 0 aliphatic heterocycles. The number of fused-ring (bicyclic) bond motifs is 6. The molecule has 5 heteroatoms. The van der Waals surface area contributed by atoms with E-state index < -0.39 is 0 Å². The first-order valence-electron chi connectivity index (χ1n) is 11.4. The fourth-order valence-corrected chi connectivity index (χ4v) is 5.23. The van der Waals surface area contributed by atoms with E-state index in [-0.39, 0.29) is 0 Å². The highest BCUT2D eigenvalue weighted by molar-refractivity contribution is 9.10. The average molecular weight is 503 g/mol. The summed E-state index contributed by atoms with van der Waals surface area (Å²) in [6.45, 7) is 0. The molecule has 0 spiro atoms. The fourth-order valence-electron chi connectivity index (χ4n) is 4.97. The van der Waals surface area contributed by atoms with Crippen LogP contribution in [0.15, 0.2) is 95.6 Å². The number of benzene rings is 3. The van der Waals surface area contributed by atoms with Crippen molar-refractivity contribution in [2.75, 3.05) is 0 Å². The molecular weight excluding hydrogens is 484 g/mol. The normalized spacial score (nSPS) is 12.6. The minimum absolute atomic E-state index is 0.813. The molecule has 0 radical (unpaired) electrons. The molecule has 3 aromatic carbocycles. The number of hydrogen-bond donors (Lipinski definition) is 0. The molecule has 1 aliphatic rings. The Bertz CT molecular complexity index is 1700. The van der Waals surface area contributed by atoms with Crippen molar-refractivity contribution in [1.29, 1.82) is 0 Å². The molecule has 0 N–H and O–H groups in total. The molecule has 1 aliphatic carbocycles. The molecule has 7 rings (SSSR count). The number of nitrogens with zero attached hydrogens (tertiary/aromatic N) is 4. The Balaban J connectivity index is 1.59. The number of rotatable bonds is 2. The van der Waals surface area contributed by atoms with Gasteiger partial charge in [0, 0.05) is 27.2 Å². The van der Waals surface area contributed by atoms with E-state index in [2.05, 4.69) is 70.5 Å². The first kappa shape index (κ1) is 19.6. The van der Waals surface area contributed by atoms with Crippen LogP contribution >= 0.6 is 15.9 Å². The van der Waals surface area contributed by atoms with Crippen LogP contribution in [0.3, 0.4) is 0 Å². The molecule has 34 heavy (non-hydrogen) atoms. The van der Waals surface area contributed by atoms with Gasteiger partial charge < -0.3 is 0 Å². The summed E-state index contributed by atoms with van der Waals surface area (Å²) >= 11 is 3.56. The summed E-state index contributed by atoms with van der Waals surface area (Å²) in [5.41, 5.74) is 9.62. The van der Waals surface area contributed by atoms with Crippen LogP contribution in [0.2, 0.25) is 0 Å². The summed E-state index contributed by atoms with van der Waals surface area (Å²) in [6, 6.07) is 29.3. The number of halogens is 1. The van der Waals surface area contributed by atoms with Crippen LogP contribution in [0.1, 0.15) is 11.1 Å². The van der Waals surface area contributed by atoms with Crippen LogP contribution in [0.25, 0.3) is 50.1 Å². The third kappa shape index (κ3) is 3.01. The van der Waals surface area contributed by atoms with Crippen molar-refractivity contribution in [2.45, 2.75) is 12.8 Å². The van der Waals surface area contributed by atoms with Gasteiger partial charge in [0.25, 0.3) is 0 Å². The van der Waals surface area contributed by atoms with Crippen LogP contribution < -0.4 is 0 Å². The van der Waals surface area contributed by atoms with E-state index in [1.807, 2.05) is 41.2 Å². The Morgan fingerprint density at radius 2 is 1.53 bits per heavy atom. The van der Waals surface area contributed by atoms with E-state index in [1.165, 1.54) is 16.7 Å². The predicted molar refractivity (Wildman–Crippen MR) is 140 cm³/mol. The van der Waals surface area contributed by atoms with Gasteiger partial charge in [-0.15, -0.1) is 0 Å². The number of pyridine rings is 2. The number of para-hydroxylation sites is 1. The van der Waals surface area contributed by atoms with Crippen LogP contribution in [-0.4, -0.2) is 19.7 Å². The fraction of sp³-hybridized carbons (Fsp3) is 0.0690. The molecule has 0 saturated carbocycles. The molecule has 4 nitrogen and oxygen atoms in total. The smallest absolute Gasteiger partial charge is 0.165 e. The van der Waals surface area contributed by atoms with E-state index in [9.17, 15) is 0 Å². The lowest BCUT2D eigenvalue weighted by Crippen LogP contribution is -2.06. The topological polar surface area (TPSA) is 43.6 Å².